The zero-order valence-corrected chi connectivity index (χ0v) is 11.2. The fourth-order valence-electron chi connectivity index (χ4n) is 3.34. The van der Waals surface area contributed by atoms with E-state index in [2.05, 4.69) is 10.4 Å². The van der Waals surface area contributed by atoms with Crippen molar-refractivity contribution < 1.29 is 14.7 Å². The number of hydrogen-bond acceptors (Lipinski definition) is 3. The van der Waals surface area contributed by atoms with Crippen molar-refractivity contribution in [3.8, 4) is 0 Å². The van der Waals surface area contributed by atoms with E-state index in [1.165, 1.54) is 0 Å². The van der Waals surface area contributed by atoms with Gasteiger partial charge in [-0.25, -0.2) is 0 Å². The molecule has 0 saturated heterocycles. The zero-order valence-electron chi connectivity index (χ0n) is 11.2. The van der Waals surface area contributed by atoms with Crippen molar-refractivity contribution in [3.05, 3.63) is 24.5 Å². The predicted octanol–water partition coefficient (Wildman–Crippen LogP) is 1.36. The van der Waals surface area contributed by atoms with E-state index < -0.39 is 17.8 Å². The predicted molar refractivity (Wildman–Crippen MR) is 71.9 cm³/mol. The van der Waals surface area contributed by atoms with Crippen LogP contribution >= 0.6 is 0 Å². The topological polar surface area (TPSA) is 84.2 Å². The van der Waals surface area contributed by atoms with Gasteiger partial charge in [-0.05, 0) is 25.2 Å². The van der Waals surface area contributed by atoms with E-state index in [0.29, 0.717) is 5.69 Å². The largest absolute Gasteiger partial charge is 0.481 e. The molecule has 1 aromatic rings. The van der Waals surface area contributed by atoms with Crippen molar-refractivity contribution >= 4 is 17.6 Å². The van der Waals surface area contributed by atoms with Gasteiger partial charge in [0.25, 0.3) is 0 Å². The van der Waals surface area contributed by atoms with E-state index in [0.717, 1.165) is 13.0 Å². The molecule has 106 valence electrons. The van der Waals surface area contributed by atoms with Crippen LogP contribution in [0.15, 0.2) is 24.5 Å². The van der Waals surface area contributed by atoms with Crippen molar-refractivity contribution in [1.82, 2.24) is 9.78 Å². The third-order valence-electron chi connectivity index (χ3n) is 4.27. The molecule has 0 aromatic carbocycles. The summed E-state index contributed by atoms with van der Waals surface area (Å²) in [6.45, 7) is 2.68. The number of carbonyl (C=O) groups excluding carboxylic acids is 1. The quantitative estimate of drug-likeness (QED) is 0.813. The van der Waals surface area contributed by atoms with Crippen molar-refractivity contribution in [3.63, 3.8) is 0 Å². The number of fused-ring (bicyclic) bond motifs is 2. The summed E-state index contributed by atoms with van der Waals surface area (Å²) in [5, 5.41) is 16.2. The molecule has 3 rings (SSSR count). The van der Waals surface area contributed by atoms with Crippen LogP contribution in [0, 0.1) is 23.7 Å². The Labute approximate surface area is 116 Å². The third kappa shape index (κ3) is 2.01. The van der Waals surface area contributed by atoms with E-state index in [1.807, 2.05) is 19.1 Å². The first-order valence-electron chi connectivity index (χ1n) is 6.84. The normalized spacial score (nSPS) is 30.6. The molecule has 1 heterocycles. The van der Waals surface area contributed by atoms with Gasteiger partial charge in [-0.15, -0.1) is 0 Å². The lowest BCUT2D eigenvalue weighted by Gasteiger charge is -2.23. The van der Waals surface area contributed by atoms with Crippen LogP contribution in [0.2, 0.25) is 0 Å². The third-order valence-corrected chi connectivity index (χ3v) is 4.27. The van der Waals surface area contributed by atoms with Gasteiger partial charge in [0, 0.05) is 12.7 Å². The Bertz CT molecular complexity index is 578. The zero-order chi connectivity index (χ0) is 14.3. The molecule has 1 amide bonds. The van der Waals surface area contributed by atoms with Gasteiger partial charge in [0.05, 0.1) is 23.7 Å². The number of carbonyl (C=O) groups is 2. The monoisotopic (exact) mass is 275 g/mol. The number of rotatable bonds is 4. The van der Waals surface area contributed by atoms with Crippen LogP contribution in [0.3, 0.4) is 0 Å². The number of anilines is 1. The SMILES string of the molecule is CCn1cc(NC(=O)[C@H]2C3C=CC(C3)[C@H]2C(=O)O)cn1. The average Bonchev–Trinajstić information content (AvgIpc) is 3.12. The lowest BCUT2D eigenvalue weighted by Crippen LogP contribution is -2.36. The minimum absolute atomic E-state index is 0.00776. The maximum absolute atomic E-state index is 12.4. The highest BCUT2D eigenvalue weighted by atomic mass is 16.4. The molecule has 2 N–H and O–H groups in total. The Hall–Kier alpha value is -2.11. The molecule has 6 heteroatoms. The summed E-state index contributed by atoms with van der Waals surface area (Å²) in [6.07, 6.45) is 8.01. The highest BCUT2D eigenvalue weighted by molar-refractivity contribution is 5.96. The Morgan fingerprint density at radius 2 is 2.10 bits per heavy atom. The number of nitrogens with one attached hydrogen (secondary N) is 1. The number of allylic oxidation sites excluding steroid dienone is 2. The molecule has 2 bridgehead atoms. The van der Waals surface area contributed by atoms with E-state index >= 15 is 0 Å². The highest BCUT2D eigenvalue weighted by Gasteiger charge is 2.51. The summed E-state index contributed by atoms with van der Waals surface area (Å²) in [5.74, 6) is -2.15. The minimum Gasteiger partial charge on any atom is -0.481 e. The molecule has 1 fully saturated rings. The number of aromatic nitrogens is 2. The Kier molecular flexibility index (Phi) is 3.08. The molecule has 2 aliphatic rings. The first kappa shape index (κ1) is 12.9. The number of carboxylic acids is 1. The molecular weight excluding hydrogens is 258 g/mol. The van der Waals surface area contributed by atoms with Crippen LogP contribution < -0.4 is 5.32 Å². The molecule has 20 heavy (non-hydrogen) atoms. The molecule has 6 nitrogen and oxygen atoms in total. The van der Waals surface area contributed by atoms with Gasteiger partial charge < -0.3 is 10.4 Å². The van der Waals surface area contributed by atoms with Crippen LogP contribution in [-0.2, 0) is 16.1 Å². The molecule has 2 aliphatic carbocycles. The van der Waals surface area contributed by atoms with Gasteiger partial charge in [-0.2, -0.15) is 5.10 Å². The van der Waals surface area contributed by atoms with Crippen LogP contribution in [-0.4, -0.2) is 26.8 Å². The van der Waals surface area contributed by atoms with Crippen molar-refractivity contribution in [2.75, 3.05) is 5.32 Å². The summed E-state index contributed by atoms with van der Waals surface area (Å²) in [7, 11) is 0. The molecule has 0 spiro atoms. The van der Waals surface area contributed by atoms with Gasteiger partial charge in [0.2, 0.25) is 5.91 Å². The lowest BCUT2D eigenvalue weighted by molar-refractivity contribution is -0.146. The van der Waals surface area contributed by atoms with Gasteiger partial charge >= 0.3 is 5.97 Å². The van der Waals surface area contributed by atoms with Crippen molar-refractivity contribution in [1.29, 1.82) is 0 Å². The average molecular weight is 275 g/mol. The number of aryl methyl sites for hydroxylation is 1. The van der Waals surface area contributed by atoms with E-state index in [9.17, 15) is 14.7 Å². The van der Waals surface area contributed by atoms with Crippen LogP contribution in [0.5, 0.6) is 0 Å². The fourth-order valence-corrected chi connectivity index (χ4v) is 3.34. The van der Waals surface area contributed by atoms with Crippen LogP contribution in [0.1, 0.15) is 13.3 Å². The number of nitrogens with zero attached hydrogens (tertiary/aromatic N) is 2. The van der Waals surface area contributed by atoms with Gasteiger partial charge in [0.1, 0.15) is 0 Å². The van der Waals surface area contributed by atoms with Gasteiger partial charge in [-0.1, -0.05) is 12.2 Å². The van der Waals surface area contributed by atoms with Gasteiger partial charge in [0.15, 0.2) is 0 Å². The number of aliphatic carboxylic acids is 1. The molecule has 0 radical (unpaired) electrons. The summed E-state index contributed by atoms with van der Waals surface area (Å²) in [6, 6.07) is 0. The summed E-state index contributed by atoms with van der Waals surface area (Å²) < 4.78 is 1.71. The molecule has 1 aromatic heterocycles. The first-order valence-corrected chi connectivity index (χ1v) is 6.84. The molecule has 0 aliphatic heterocycles. The lowest BCUT2D eigenvalue weighted by atomic mass is 9.82. The van der Waals surface area contributed by atoms with E-state index in [4.69, 9.17) is 0 Å². The Balaban J connectivity index is 1.76. The standard InChI is InChI=1S/C14H17N3O3/c1-2-17-7-10(6-15-17)16-13(18)11-8-3-4-9(5-8)12(11)14(19)20/h3-4,6-9,11-12H,2,5H2,1H3,(H,16,18)(H,19,20)/t8?,9?,11-,12+/m0/s1. The summed E-state index contributed by atoms with van der Waals surface area (Å²) in [4.78, 5) is 23.8. The Morgan fingerprint density at radius 3 is 2.70 bits per heavy atom. The number of amides is 1. The fraction of sp³-hybridized carbons (Fsp3) is 0.500. The minimum atomic E-state index is -0.883. The van der Waals surface area contributed by atoms with Crippen molar-refractivity contribution in [2.24, 2.45) is 23.7 Å². The number of carboxylic acid groups (broad SMARTS) is 1. The molecular formula is C14H17N3O3. The maximum Gasteiger partial charge on any atom is 0.307 e. The molecule has 4 atom stereocenters. The second kappa shape index (κ2) is 4.77. The van der Waals surface area contributed by atoms with Crippen LogP contribution in [0.25, 0.3) is 0 Å². The first-order chi connectivity index (χ1) is 9.60. The summed E-state index contributed by atoms with van der Waals surface area (Å²) in [5.41, 5.74) is 0.618. The van der Waals surface area contributed by atoms with Crippen LogP contribution in [0.4, 0.5) is 5.69 Å². The van der Waals surface area contributed by atoms with Crippen molar-refractivity contribution in [2.45, 2.75) is 19.9 Å². The van der Waals surface area contributed by atoms with E-state index in [1.54, 1.807) is 17.1 Å². The van der Waals surface area contributed by atoms with E-state index in [-0.39, 0.29) is 17.7 Å². The highest BCUT2D eigenvalue weighted by Crippen LogP contribution is 2.48. The van der Waals surface area contributed by atoms with Gasteiger partial charge in [-0.3, -0.25) is 14.3 Å². The Morgan fingerprint density at radius 1 is 1.40 bits per heavy atom. The maximum atomic E-state index is 12.4. The second-order valence-corrected chi connectivity index (χ2v) is 5.41. The smallest absolute Gasteiger partial charge is 0.307 e. The molecule has 2 unspecified atom stereocenters. The number of hydrogen-bond donors (Lipinski definition) is 2. The summed E-state index contributed by atoms with van der Waals surface area (Å²) >= 11 is 0. The second-order valence-electron chi connectivity index (χ2n) is 5.41. The molecule has 1 saturated carbocycles.